The number of hydrogen-bond donors (Lipinski definition) is 1. The van der Waals surface area contributed by atoms with Crippen LogP contribution in [-0.2, 0) is 35.8 Å². The molecule has 0 saturated carbocycles. The average Bonchev–Trinajstić information content (AvgIpc) is 1.98. The SMILES string of the molecule is CC(C)COP(O)(=S)SCC(C)C.[Zn]. The standard InChI is InChI=1S/C8H19O2PS2.Zn/c1-7(2)5-10-11(9,12)13-6-8(3)4;/h7-8H,5-6H2,1-4H3,(H,9,12);. The first kappa shape index (κ1) is 17.9. The molecule has 0 saturated heterocycles. The van der Waals surface area contributed by atoms with Crippen molar-refractivity contribution < 1.29 is 28.9 Å². The fourth-order valence-corrected chi connectivity index (χ4v) is 4.17. The van der Waals surface area contributed by atoms with E-state index < -0.39 is 5.69 Å². The van der Waals surface area contributed by atoms with E-state index in [1.54, 1.807) is 0 Å². The van der Waals surface area contributed by atoms with E-state index in [1.807, 2.05) is 13.8 Å². The Kier molecular flexibility index (Phi) is 11.1. The van der Waals surface area contributed by atoms with Crippen LogP contribution in [0.2, 0.25) is 0 Å². The molecule has 0 spiro atoms. The maximum atomic E-state index is 9.68. The molecule has 1 atom stereocenters. The fourth-order valence-electron chi connectivity index (χ4n) is 0.524. The first-order valence-corrected chi connectivity index (χ1v) is 8.71. The largest absolute Gasteiger partial charge is 0.337 e. The van der Waals surface area contributed by atoms with Crippen LogP contribution in [-0.4, -0.2) is 17.3 Å². The van der Waals surface area contributed by atoms with Crippen LogP contribution in [0.15, 0.2) is 0 Å². The summed E-state index contributed by atoms with van der Waals surface area (Å²) in [5.41, 5.74) is -2.55. The van der Waals surface area contributed by atoms with Gasteiger partial charge in [0.1, 0.15) is 0 Å². The van der Waals surface area contributed by atoms with Gasteiger partial charge in [0, 0.05) is 25.2 Å². The van der Waals surface area contributed by atoms with Crippen molar-refractivity contribution in [2.24, 2.45) is 11.8 Å². The van der Waals surface area contributed by atoms with Gasteiger partial charge in [0.05, 0.1) is 6.61 Å². The molecule has 0 aliphatic rings. The topological polar surface area (TPSA) is 29.5 Å². The Morgan fingerprint density at radius 2 is 1.79 bits per heavy atom. The molecule has 0 bridgehead atoms. The van der Waals surface area contributed by atoms with Crippen molar-refractivity contribution in [3.05, 3.63) is 0 Å². The molecule has 0 rings (SSSR count). The minimum atomic E-state index is -2.55. The van der Waals surface area contributed by atoms with Gasteiger partial charge in [-0.15, -0.1) is 0 Å². The Bertz CT molecular complexity index is 172. The molecule has 2 nitrogen and oxygen atoms in total. The van der Waals surface area contributed by atoms with E-state index in [2.05, 4.69) is 13.8 Å². The normalized spacial score (nSPS) is 15.4. The second-order valence-electron chi connectivity index (χ2n) is 3.85. The maximum Gasteiger partial charge on any atom is 0.244 e. The summed E-state index contributed by atoms with van der Waals surface area (Å²) in [5, 5.41) is 0. The van der Waals surface area contributed by atoms with Crippen molar-refractivity contribution in [2.45, 2.75) is 27.7 Å². The van der Waals surface area contributed by atoms with E-state index in [-0.39, 0.29) is 19.5 Å². The molecule has 14 heavy (non-hydrogen) atoms. The molecule has 0 radical (unpaired) electrons. The van der Waals surface area contributed by atoms with E-state index in [4.69, 9.17) is 16.3 Å². The Morgan fingerprint density at radius 1 is 1.29 bits per heavy atom. The Balaban J connectivity index is 0. The molecule has 1 N–H and O–H groups in total. The minimum Gasteiger partial charge on any atom is -0.337 e. The van der Waals surface area contributed by atoms with Crippen molar-refractivity contribution in [3.63, 3.8) is 0 Å². The van der Waals surface area contributed by atoms with Crippen molar-refractivity contribution in [1.82, 2.24) is 0 Å². The van der Waals surface area contributed by atoms with Gasteiger partial charge in [0.2, 0.25) is 5.69 Å². The zero-order chi connectivity index (χ0) is 10.5. The molecule has 0 heterocycles. The third-order valence-electron chi connectivity index (χ3n) is 1.14. The zero-order valence-corrected chi connectivity index (χ0v) is 14.9. The molecule has 0 amide bonds. The third-order valence-corrected chi connectivity index (χ3v) is 5.77. The first-order valence-electron chi connectivity index (χ1n) is 4.45. The van der Waals surface area contributed by atoms with Crippen LogP contribution in [0.3, 0.4) is 0 Å². The van der Waals surface area contributed by atoms with E-state index in [0.717, 1.165) is 5.75 Å². The molecular formula is C8H19O2PS2Zn. The van der Waals surface area contributed by atoms with Gasteiger partial charge < -0.3 is 9.42 Å². The van der Waals surface area contributed by atoms with Gasteiger partial charge in [-0.05, 0) is 23.6 Å². The van der Waals surface area contributed by atoms with Gasteiger partial charge >= 0.3 is 0 Å². The van der Waals surface area contributed by atoms with Crippen LogP contribution < -0.4 is 0 Å². The number of rotatable bonds is 6. The summed E-state index contributed by atoms with van der Waals surface area (Å²) in [6.45, 7) is 8.85. The summed E-state index contributed by atoms with van der Waals surface area (Å²) < 4.78 is 5.29. The molecular weight excluding hydrogens is 289 g/mol. The Morgan fingerprint density at radius 3 is 2.14 bits per heavy atom. The predicted octanol–water partition coefficient (Wildman–Crippen LogP) is 3.26. The van der Waals surface area contributed by atoms with E-state index in [0.29, 0.717) is 18.4 Å². The quantitative estimate of drug-likeness (QED) is 0.602. The minimum absolute atomic E-state index is 0. The average molecular weight is 308 g/mol. The summed E-state index contributed by atoms with van der Waals surface area (Å²) in [6.07, 6.45) is 0. The monoisotopic (exact) mass is 306 g/mol. The molecule has 82 valence electrons. The van der Waals surface area contributed by atoms with Crippen LogP contribution in [0.4, 0.5) is 0 Å². The molecule has 0 aromatic rings. The summed E-state index contributed by atoms with van der Waals surface area (Å²) in [7, 11) is 0. The predicted molar refractivity (Wildman–Crippen MR) is 64.6 cm³/mol. The van der Waals surface area contributed by atoms with Gasteiger partial charge in [0.25, 0.3) is 0 Å². The van der Waals surface area contributed by atoms with Crippen LogP contribution in [0.5, 0.6) is 0 Å². The van der Waals surface area contributed by atoms with Gasteiger partial charge in [0.15, 0.2) is 0 Å². The van der Waals surface area contributed by atoms with Crippen molar-refractivity contribution in [2.75, 3.05) is 12.4 Å². The fraction of sp³-hybridized carbons (Fsp3) is 1.00. The van der Waals surface area contributed by atoms with Gasteiger partial charge in [-0.2, -0.15) is 0 Å². The van der Waals surface area contributed by atoms with E-state index in [9.17, 15) is 4.89 Å². The Hall–Kier alpha value is 1.54. The van der Waals surface area contributed by atoms with Crippen LogP contribution >= 0.6 is 17.1 Å². The summed E-state index contributed by atoms with van der Waals surface area (Å²) in [4.78, 5) is 9.68. The van der Waals surface area contributed by atoms with Crippen molar-refractivity contribution >= 4 is 28.9 Å². The van der Waals surface area contributed by atoms with E-state index >= 15 is 0 Å². The first-order chi connectivity index (χ1) is 5.83. The molecule has 0 aliphatic heterocycles. The molecule has 6 heteroatoms. The van der Waals surface area contributed by atoms with E-state index in [1.165, 1.54) is 11.4 Å². The summed E-state index contributed by atoms with van der Waals surface area (Å²) in [5.74, 6) is 1.84. The third kappa shape index (κ3) is 11.6. The zero-order valence-electron chi connectivity index (χ0n) is 9.40. The van der Waals surface area contributed by atoms with Crippen molar-refractivity contribution in [1.29, 1.82) is 0 Å². The second-order valence-corrected chi connectivity index (χ2v) is 10.1. The molecule has 0 aromatic carbocycles. The number of hydrogen-bond acceptors (Lipinski definition) is 3. The summed E-state index contributed by atoms with van der Waals surface area (Å²) in [6, 6.07) is 0. The molecule has 1 unspecified atom stereocenters. The summed E-state index contributed by atoms with van der Waals surface area (Å²) >= 11 is 6.38. The molecule has 0 aliphatic carbocycles. The van der Waals surface area contributed by atoms with Gasteiger partial charge in [-0.25, -0.2) is 0 Å². The van der Waals surface area contributed by atoms with Crippen LogP contribution in [0.25, 0.3) is 0 Å². The second kappa shape index (κ2) is 8.67. The Labute approximate surface area is 109 Å². The maximum absolute atomic E-state index is 9.68. The van der Waals surface area contributed by atoms with Crippen molar-refractivity contribution in [3.8, 4) is 0 Å². The smallest absolute Gasteiger partial charge is 0.244 e. The van der Waals surface area contributed by atoms with Crippen LogP contribution in [0, 0.1) is 11.8 Å². The van der Waals surface area contributed by atoms with Crippen LogP contribution in [0.1, 0.15) is 27.7 Å². The molecule has 0 fully saturated rings. The molecule has 0 aromatic heterocycles. The van der Waals surface area contributed by atoms with Gasteiger partial charge in [-0.1, -0.05) is 39.1 Å². The van der Waals surface area contributed by atoms with Gasteiger partial charge in [-0.3, -0.25) is 0 Å².